The Hall–Kier alpha value is -0.180. The molecule has 1 nitrogen and oxygen atoms in total. The summed E-state index contributed by atoms with van der Waals surface area (Å²) in [5.41, 5.74) is 1.37. The van der Waals surface area contributed by atoms with Gasteiger partial charge in [-0.2, -0.15) is 0 Å². The molecule has 0 saturated heterocycles. The van der Waals surface area contributed by atoms with Crippen molar-refractivity contribution in [2.75, 3.05) is 12.3 Å². The average molecular weight is 228 g/mol. The summed E-state index contributed by atoms with van der Waals surface area (Å²) in [4.78, 5) is 1.27. The predicted molar refractivity (Wildman–Crippen MR) is 63.2 cm³/mol. The molecule has 0 bridgehead atoms. The quantitative estimate of drug-likeness (QED) is 0.849. The van der Waals surface area contributed by atoms with E-state index >= 15 is 0 Å². The minimum absolute atomic E-state index is 0.494. The molecule has 1 aromatic carbocycles. The van der Waals surface area contributed by atoms with Crippen molar-refractivity contribution in [3.8, 4) is 0 Å². The lowest BCUT2D eigenvalue weighted by Crippen LogP contribution is -2.21. The summed E-state index contributed by atoms with van der Waals surface area (Å²) in [6.45, 7) is 3.27. The highest BCUT2D eigenvalue weighted by atomic mass is 35.5. The molecule has 0 aromatic heterocycles. The van der Waals surface area contributed by atoms with Gasteiger partial charge in [0.2, 0.25) is 0 Å². The van der Waals surface area contributed by atoms with E-state index in [4.69, 9.17) is 11.6 Å². The number of rotatable bonds is 3. The number of hydrogen-bond acceptors (Lipinski definition) is 2. The van der Waals surface area contributed by atoms with Gasteiger partial charge in [0, 0.05) is 16.7 Å². The van der Waals surface area contributed by atoms with E-state index < -0.39 is 0 Å². The maximum Gasteiger partial charge on any atom is 0.0545 e. The monoisotopic (exact) mass is 227 g/mol. The molecule has 2 rings (SSSR count). The summed E-state index contributed by atoms with van der Waals surface area (Å²) in [5.74, 6) is 1.11. The molecule has 3 heteroatoms. The Balaban J connectivity index is 2.18. The van der Waals surface area contributed by atoms with E-state index in [0.717, 1.165) is 17.3 Å². The number of halogens is 1. The molecule has 1 aromatic rings. The van der Waals surface area contributed by atoms with Gasteiger partial charge in [-0.05, 0) is 24.6 Å². The lowest BCUT2D eigenvalue weighted by molar-refractivity contribution is 0.579. The number of thioether (sulfide) groups is 1. The Kier molecular flexibility index (Phi) is 3.37. The molecule has 1 heterocycles. The van der Waals surface area contributed by atoms with Gasteiger partial charge in [-0.15, -0.1) is 11.8 Å². The number of benzene rings is 1. The van der Waals surface area contributed by atoms with Gasteiger partial charge in [-0.1, -0.05) is 30.7 Å². The van der Waals surface area contributed by atoms with E-state index in [0.29, 0.717) is 6.04 Å². The third-order valence-corrected chi connectivity index (χ3v) is 4.08. The van der Waals surface area contributed by atoms with Gasteiger partial charge in [0.15, 0.2) is 0 Å². The van der Waals surface area contributed by atoms with E-state index in [1.54, 1.807) is 0 Å². The molecule has 1 atom stereocenters. The summed E-state index contributed by atoms with van der Waals surface area (Å²) < 4.78 is 0. The second-order valence-corrected chi connectivity index (χ2v) is 4.91. The lowest BCUT2D eigenvalue weighted by atomic mass is 10.1. The van der Waals surface area contributed by atoms with Gasteiger partial charge >= 0.3 is 0 Å². The average Bonchev–Trinajstić information content (AvgIpc) is 2.60. The zero-order chi connectivity index (χ0) is 9.97. The molecule has 0 fully saturated rings. The van der Waals surface area contributed by atoms with Crippen molar-refractivity contribution in [2.24, 2.45) is 0 Å². The van der Waals surface area contributed by atoms with Crippen LogP contribution in [-0.4, -0.2) is 12.3 Å². The molecular weight excluding hydrogens is 214 g/mol. The van der Waals surface area contributed by atoms with Crippen LogP contribution in [0.5, 0.6) is 0 Å². The number of fused-ring (bicyclic) bond motifs is 1. The first-order valence-corrected chi connectivity index (χ1v) is 6.34. The maximum absolute atomic E-state index is 6.12. The van der Waals surface area contributed by atoms with Crippen LogP contribution in [0.4, 0.5) is 0 Å². The summed E-state index contributed by atoms with van der Waals surface area (Å²) in [6, 6.07) is 6.67. The molecular formula is C11H14ClNS. The number of nitrogens with one attached hydrogen (secondary N) is 1. The Morgan fingerprint density at radius 3 is 3.21 bits per heavy atom. The molecule has 76 valence electrons. The topological polar surface area (TPSA) is 12.0 Å². The summed E-state index contributed by atoms with van der Waals surface area (Å²) in [7, 11) is 0. The van der Waals surface area contributed by atoms with E-state index in [-0.39, 0.29) is 0 Å². The minimum atomic E-state index is 0.494. The second-order valence-electron chi connectivity index (χ2n) is 3.48. The molecule has 0 aliphatic carbocycles. The Morgan fingerprint density at radius 1 is 1.57 bits per heavy atom. The molecule has 14 heavy (non-hydrogen) atoms. The van der Waals surface area contributed by atoms with Crippen LogP contribution in [0.15, 0.2) is 23.1 Å². The molecule has 1 unspecified atom stereocenters. The van der Waals surface area contributed by atoms with Crippen molar-refractivity contribution in [3.63, 3.8) is 0 Å². The van der Waals surface area contributed by atoms with E-state index in [9.17, 15) is 0 Å². The van der Waals surface area contributed by atoms with Gasteiger partial charge in [-0.3, -0.25) is 0 Å². The van der Waals surface area contributed by atoms with Crippen molar-refractivity contribution in [1.82, 2.24) is 5.32 Å². The first-order chi connectivity index (χ1) is 6.83. The summed E-state index contributed by atoms with van der Waals surface area (Å²) in [5, 5.41) is 4.43. The molecule has 1 aliphatic heterocycles. The lowest BCUT2D eigenvalue weighted by Gasteiger charge is -2.12. The van der Waals surface area contributed by atoms with Gasteiger partial charge in [0.05, 0.1) is 5.02 Å². The molecule has 1 N–H and O–H groups in total. The van der Waals surface area contributed by atoms with Crippen molar-refractivity contribution in [2.45, 2.75) is 24.3 Å². The largest absolute Gasteiger partial charge is 0.309 e. The van der Waals surface area contributed by atoms with Crippen molar-refractivity contribution in [1.29, 1.82) is 0 Å². The molecule has 0 saturated carbocycles. The highest BCUT2D eigenvalue weighted by molar-refractivity contribution is 7.99. The molecule has 0 spiro atoms. The zero-order valence-corrected chi connectivity index (χ0v) is 9.79. The first-order valence-electron chi connectivity index (χ1n) is 4.97. The first kappa shape index (κ1) is 10.3. The van der Waals surface area contributed by atoms with Crippen LogP contribution in [-0.2, 0) is 0 Å². The van der Waals surface area contributed by atoms with E-state index in [1.165, 1.54) is 16.9 Å². The van der Waals surface area contributed by atoms with Crippen LogP contribution in [0.3, 0.4) is 0 Å². The summed E-state index contributed by atoms with van der Waals surface area (Å²) in [6.07, 6.45) is 1.18. The van der Waals surface area contributed by atoms with E-state index in [1.807, 2.05) is 23.9 Å². The van der Waals surface area contributed by atoms with Crippen molar-refractivity contribution < 1.29 is 0 Å². The molecule has 0 radical (unpaired) electrons. The van der Waals surface area contributed by atoms with Crippen LogP contribution in [0, 0.1) is 0 Å². The van der Waals surface area contributed by atoms with Crippen LogP contribution in [0.25, 0.3) is 0 Å². The fourth-order valence-electron chi connectivity index (χ4n) is 1.70. The van der Waals surface area contributed by atoms with Gasteiger partial charge in [0.25, 0.3) is 0 Å². The van der Waals surface area contributed by atoms with Crippen LogP contribution in [0.2, 0.25) is 5.02 Å². The highest BCUT2D eigenvalue weighted by Gasteiger charge is 2.23. The fourth-order valence-corrected chi connectivity index (χ4v) is 3.26. The van der Waals surface area contributed by atoms with Gasteiger partial charge in [0.1, 0.15) is 0 Å². The van der Waals surface area contributed by atoms with E-state index in [2.05, 4.69) is 18.3 Å². The van der Waals surface area contributed by atoms with Crippen LogP contribution in [0.1, 0.15) is 24.9 Å². The maximum atomic E-state index is 6.12. The molecule has 0 amide bonds. The number of hydrogen-bond donors (Lipinski definition) is 1. The standard InChI is InChI=1S/C11H14ClNS/c1-2-6-13-10-7-14-11-8(10)4-3-5-9(11)12/h3-5,10,13H,2,6-7H2,1H3. The minimum Gasteiger partial charge on any atom is -0.309 e. The fraction of sp³-hybridized carbons (Fsp3) is 0.455. The third kappa shape index (κ3) is 1.92. The SMILES string of the molecule is CCCNC1CSc2c(Cl)cccc21. The Morgan fingerprint density at radius 2 is 2.43 bits per heavy atom. The normalized spacial score (nSPS) is 19.7. The van der Waals surface area contributed by atoms with Crippen LogP contribution < -0.4 is 5.32 Å². The van der Waals surface area contributed by atoms with Crippen LogP contribution >= 0.6 is 23.4 Å². The zero-order valence-electron chi connectivity index (χ0n) is 8.22. The van der Waals surface area contributed by atoms with Crippen molar-refractivity contribution >= 4 is 23.4 Å². The van der Waals surface area contributed by atoms with Gasteiger partial charge in [-0.25, -0.2) is 0 Å². The third-order valence-electron chi connectivity index (χ3n) is 2.41. The highest BCUT2D eigenvalue weighted by Crippen LogP contribution is 2.42. The van der Waals surface area contributed by atoms with Gasteiger partial charge < -0.3 is 5.32 Å². The Labute approximate surface area is 94.2 Å². The smallest absolute Gasteiger partial charge is 0.0545 e. The second kappa shape index (κ2) is 4.56. The predicted octanol–water partition coefficient (Wildman–Crippen LogP) is 3.49. The van der Waals surface area contributed by atoms with Crippen molar-refractivity contribution in [3.05, 3.63) is 28.8 Å². The summed E-state index contributed by atoms with van der Waals surface area (Å²) >= 11 is 7.98. The Bertz CT molecular complexity index is 327. The molecule has 1 aliphatic rings.